The molecule has 2 N–H and O–H groups in total. The first-order valence-electron chi connectivity index (χ1n) is 9.16. The number of benzene rings is 1. The lowest BCUT2D eigenvalue weighted by molar-refractivity contribution is -0.125. The fourth-order valence-electron chi connectivity index (χ4n) is 4.03. The van der Waals surface area contributed by atoms with Crippen LogP contribution in [0.3, 0.4) is 0 Å². The van der Waals surface area contributed by atoms with Crippen LogP contribution in [0.4, 0.5) is 0 Å². The number of amides is 1. The van der Waals surface area contributed by atoms with Crippen LogP contribution in [0, 0.1) is 0 Å². The van der Waals surface area contributed by atoms with Crippen LogP contribution in [-0.4, -0.2) is 38.4 Å². The number of aryl methyl sites for hydroxylation is 2. The SMILES string of the molecule is CC(NC(=O)C1(S(C)(=O)=O)CCNCC1)c1ccc2c(c1)CCCC2.Cl. The summed E-state index contributed by atoms with van der Waals surface area (Å²) in [5.41, 5.74) is 3.82. The molecule has 26 heavy (non-hydrogen) atoms. The molecule has 7 heteroatoms. The Morgan fingerprint density at radius 1 is 1.15 bits per heavy atom. The van der Waals surface area contributed by atoms with Crippen LogP contribution < -0.4 is 10.6 Å². The number of piperidine rings is 1. The second-order valence-electron chi connectivity index (χ2n) is 7.45. The van der Waals surface area contributed by atoms with Crippen LogP contribution in [-0.2, 0) is 27.5 Å². The van der Waals surface area contributed by atoms with E-state index in [1.807, 2.05) is 6.92 Å². The summed E-state index contributed by atoms with van der Waals surface area (Å²) in [4.78, 5) is 12.9. The number of hydrogen-bond donors (Lipinski definition) is 2. The summed E-state index contributed by atoms with van der Waals surface area (Å²) in [7, 11) is -3.48. The molecule has 1 aromatic rings. The maximum atomic E-state index is 12.9. The smallest absolute Gasteiger partial charge is 0.242 e. The van der Waals surface area contributed by atoms with Crippen molar-refractivity contribution in [3.63, 3.8) is 0 Å². The normalized spacial score (nSPS) is 20.4. The van der Waals surface area contributed by atoms with Gasteiger partial charge in [0.15, 0.2) is 14.6 Å². The molecule has 0 radical (unpaired) electrons. The van der Waals surface area contributed by atoms with Crippen molar-refractivity contribution in [1.82, 2.24) is 10.6 Å². The Morgan fingerprint density at radius 2 is 1.77 bits per heavy atom. The van der Waals surface area contributed by atoms with Crippen molar-refractivity contribution >= 4 is 28.2 Å². The van der Waals surface area contributed by atoms with E-state index in [2.05, 4.69) is 28.8 Å². The molecule has 1 unspecified atom stereocenters. The maximum Gasteiger partial charge on any atom is 0.242 e. The molecule has 0 spiro atoms. The van der Waals surface area contributed by atoms with E-state index >= 15 is 0 Å². The zero-order valence-corrected chi connectivity index (χ0v) is 17.1. The highest BCUT2D eigenvalue weighted by molar-refractivity contribution is 7.92. The van der Waals surface area contributed by atoms with Crippen LogP contribution in [0.5, 0.6) is 0 Å². The van der Waals surface area contributed by atoms with Gasteiger partial charge in [0.2, 0.25) is 5.91 Å². The Bertz CT molecular complexity index is 758. The van der Waals surface area contributed by atoms with Crippen molar-refractivity contribution in [2.45, 2.75) is 56.2 Å². The molecule has 1 aliphatic carbocycles. The van der Waals surface area contributed by atoms with E-state index in [0.717, 1.165) is 18.4 Å². The number of halogens is 1. The van der Waals surface area contributed by atoms with Gasteiger partial charge in [0.05, 0.1) is 6.04 Å². The lowest BCUT2D eigenvalue weighted by atomic mass is 9.89. The number of carbonyl (C=O) groups excluding carboxylic acids is 1. The van der Waals surface area contributed by atoms with Crippen molar-refractivity contribution < 1.29 is 13.2 Å². The average Bonchev–Trinajstić information content (AvgIpc) is 2.60. The molecule has 3 rings (SSSR count). The Labute approximate surface area is 162 Å². The standard InChI is InChI=1S/C19H28N2O3S.ClH/c1-14(16-8-7-15-5-3-4-6-17(15)13-16)21-18(22)19(25(2,23)24)9-11-20-12-10-19;/h7-8,13-14,20H,3-6,9-12H2,1-2H3,(H,21,22);1H. The molecule has 1 aromatic carbocycles. The van der Waals surface area contributed by atoms with Crippen molar-refractivity contribution in [2.24, 2.45) is 0 Å². The first kappa shape index (κ1) is 21.2. The second-order valence-corrected chi connectivity index (χ2v) is 9.77. The Hall–Kier alpha value is -1.11. The number of carbonyl (C=O) groups is 1. The van der Waals surface area contributed by atoms with Crippen molar-refractivity contribution in [1.29, 1.82) is 0 Å². The van der Waals surface area contributed by atoms with Crippen molar-refractivity contribution in [2.75, 3.05) is 19.3 Å². The lowest BCUT2D eigenvalue weighted by Gasteiger charge is -2.35. The van der Waals surface area contributed by atoms with Gasteiger partial charge in [0.25, 0.3) is 0 Å². The molecule has 1 aliphatic heterocycles. The summed E-state index contributed by atoms with van der Waals surface area (Å²) in [6, 6.07) is 6.19. The number of hydrogen-bond acceptors (Lipinski definition) is 4. The zero-order chi connectivity index (χ0) is 18.1. The van der Waals surface area contributed by atoms with Crippen LogP contribution in [0.1, 0.15) is 55.3 Å². The Morgan fingerprint density at radius 3 is 2.38 bits per heavy atom. The predicted molar refractivity (Wildman–Crippen MR) is 107 cm³/mol. The van der Waals surface area contributed by atoms with Gasteiger partial charge in [-0.1, -0.05) is 18.2 Å². The summed E-state index contributed by atoms with van der Waals surface area (Å²) in [6.45, 7) is 3.03. The number of nitrogens with one attached hydrogen (secondary N) is 2. The summed E-state index contributed by atoms with van der Waals surface area (Å²) in [5, 5.41) is 6.12. The van der Waals surface area contributed by atoms with Crippen LogP contribution in [0.15, 0.2) is 18.2 Å². The molecule has 146 valence electrons. The van der Waals surface area contributed by atoms with E-state index in [-0.39, 0.29) is 24.4 Å². The van der Waals surface area contributed by atoms with Gasteiger partial charge in [0, 0.05) is 6.26 Å². The van der Waals surface area contributed by atoms with Gasteiger partial charge in [0.1, 0.15) is 0 Å². The number of sulfone groups is 1. The van der Waals surface area contributed by atoms with E-state index in [4.69, 9.17) is 0 Å². The highest BCUT2D eigenvalue weighted by Gasteiger charge is 2.48. The van der Waals surface area contributed by atoms with Gasteiger partial charge < -0.3 is 10.6 Å². The second kappa shape index (κ2) is 8.28. The minimum absolute atomic E-state index is 0. The van der Waals surface area contributed by atoms with E-state index in [9.17, 15) is 13.2 Å². The van der Waals surface area contributed by atoms with Crippen LogP contribution >= 0.6 is 12.4 Å². The molecule has 1 fully saturated rings. The molecule has 1 amide bonds. The molecular formula is C19H29ClN2O3S. The van der Waals surface area contributed by atoms with Crippen molar-refractivity contribution in [3.8, 4) is 0 Å². The molecule has 1 heterocycles. The first-order chi connectivity index (χ1) is 11.8. The summed E-state index contributed by atoms with van der Waals surface area (Å²) < 4.78 is 23.4. The molecule has 2 aliphatic rings. The van der Waals surface area contributed by atoms with Gasteiger partial charge >= 0.3 is 0 Å². The van der Waals surface area contributed by atoms with Crippen LogP contribution in [0.25, 0.3) is 0 Å². The minimum Gasteiger partial charge on any atom is -0.348 e. The van der Waals surface area contributed by atoms with Gasteiger partial charge in [-0.2, -0.15) is 0 Å². The molecule has 0 saturated carbocycles. The Balaban J connectivity index is 0.00000243. The maximum absolute atomic E-state index is 12.9. The largest absolute Gasteiger partial charge is 0.348 e. The van der Waals surface area contributed by atoms with Gasteiger partial charge in [-0.15, -0.1) is 12.4 Å². The van der Waals surface area contributed by atoms with Gasteiger partial charge in [-0.3, -0.25) is 4.79 Å². The van der Waals surface area contributed by atoms with Crippen molar-refractivity contribution in [3.05, 3.63) is 34.9 Å². The summed E-state index contributed by atoms with van der Waals surface area (Å²) >= 11 is 0. The lowest BCUT2D eigenvalue weighted by Crippen LogP contribution is -2.57. The quantitative estimate of drug-likeness (QED) is 0.813. The molecule has 1 saturated heterocycles. The number of fused-ring (bicyclic) bond motifs is 1. The molecule has 0 aromatic heterocycles. The van der Waals surface area contributed by atoms with Gasteiger partial charge in [-0.05, 0) is 75.2 Å². The first-order valence-corrected chi connectivity index (χ1v) is 11.1. The van der Waals surface area contributed by atoms with E-state index < -0.39 is 14.6 Å². The van der Waals surface area contributed by atoms with Crippen LogP contribution in [0.2, 0.25) is 0 Å². The number of rotatable bonds is 4. The monoisotopic (exact) mass is 400 g/mol. The molecule has 0 bridgehead atoms. The average molecular weight is 401 g/mol. The third-order valence-electron chi connectivity index (χ3n) is 5.75. The molecule has 1 atom stereocenters. The van der Waals surface area contributed by atoms with E-state index in [1.165, 1.54) is 30.2 Å². The third kappa shape index (κ3) is 4.07. The minimum atomic E-state index is -3.48. The predicted octanol–water partition coefficient (Wildman–Crippen LogP) is 2.33. The zero-order valence-electron chi connectivity index (χ0n) is 15.5. The van der Waals surface area contributed by atoms with E-state index in [0.29, 0.717) is 25.9 Å². The fraction of sp³-hybridized carbons (Fsp3) is 0.632. The highest BCUT2D eigenvalue weighted by Crippen LogP contribution is 2.30. The Kier molecular flexibility index (Phi) is 6.75. The molecular weight excluding hydrogens is 372 g/mol. The topological polar surface area (TPSA) is 75.3 Å². The highest BCUT2D eigenvalue weighted by atomic mass is 35.5. The van der Waals surface area contributed by atoms with Gasteiger partial charge in [-0.25, -0.2) is 8.42 Å². The summed E-state index contributed by atoms with van der Waals surface area (Å²) in [6.07, 6.45) is 6.50. The van der Waals surface area contributed by atoms with E-state index in [1.54, 1.807) is 0 Å². The molecule has 5 nitrogen and oxygen atoms in total. The fourth-order valence-corrected chi connectivity index (χ4v) is 5.37. The summed E-state index contributed by atoms with van der Waals surface area (Å²) in [5.74, 6) is -0.360. The third-order valence-corrected chi connectivity index (χ3v) is 7.77.